The van der Waals surface area contributed by atoms with E-state index < -0.39 is 0 Å². The van der Waals surface area contributed by atoms with E-state index in [4.69, 9.17) is 5.26 Å². The zero-order chi connectivity index (χ0) is 15.4. The summed E-state index contributed by atoms with van der Waals surface area (Å²) in [6.45, 7) is 5.71. The van der Waals surface area contributed by atoms with Crippen LogP contribution in [0.25, 0.3) is 0 Å². The van der Waals surface area contributed by atoms with Crippen molar-refractivity contribution in [3.8, 4) is 6.07 Å². The van der Waals surface area contributed by atoms with Gasteiger partial charge in [0.25, 0.3) is 0 Å². The molecule has 2 N–H and O–H groups in total. The third kappa shape index (κ3) is 4.31. The quantitative estimate of drug-likeness (QED) is 0.898. The lowest BCUT2D eigenvalue weighted by Gasteiger charge is -2.27. The number of hydrogen-bond donors (Lipinski definition) is 2. The molecule has 2 aromatic rings. The Morgan fingerprint density at radius 1 is 1.17 bits per heavy atom. The summed E-state index contributed by atoms with van der Waals surface area (Å²) in [5.74, 6) is 1.53. The van der Waals surface area contributed by atoms with E-state index in [1.807, 2.05) is 25.1 Å². The van der Waals surface area contributed by atoms with Gasteiger partial charge in [-0.1, -0.05) is 0 Å². The zero-order valence-corrected chi connectivity index (χ0v) is 13.7. The Balaban J connectivity index is 0.00000192. The van der Waals surface area contributed by atoms with E-state index >= 15 is 0 Å². The van der Waals surface area contributed by atoms with Crippen LogP contribution in [-0.2, 0) is 0 Å². The molecule has 0 amide bonds. The molecule has 0 spiro atoms. The van der Waals surface area contributed by atoms with E-state index in [1.165, 1.54) is 0 Å². The molecule has 6 nitrogen and oxygen atoms in total. The minimum Gasteiger partial charge on any atom is -0.340 e. The highest BCUT2D eigenvalue weighted by atomic mass is 35.5. The van der Waals surface area contributed by atoms with Gasteiger partial charge in [0.15, 0.2) is 0 Å². The zero-order valence-electron chi connectivity index (χ0n) is 12.9. The summed E-state index contributed by atoms with van der Waals surface area (Å²) in [7, 11) is 0. The molecule has 1 aliphatic heterocycles. The van der Waals surface area contributed by atoms with Crippen molar-refractivity contribution in [3.05, 3.63) is 41.6 Å². The van der Waals surface area contributed by atoms with E-state index in [0.717, 1.165) is 49.3 Å². The average Bonchev–Trinajstić information content (AvgIpc) is 2.56. The number of aromatic nitrogens is 2. The summed E-state index contributed by atoms with van der Waals surface area (Å²) in [5.41, 5.74) is 2.48. The van der Waals surface area contributed by atoms with Gasteiger partial charge in [-0.05, 0) is 31.2 Å². The fourth-order valence-electron chi connectivity index (χ4n) is 2.40. The number of nitriles is 1. The lowest BCUT2D eigenvalue weighted by Crippen LogP contribution is -2.44. The highest BCUT2D eigenvalue weighted by molar-refractivity contribution is 5.85. The molecule has 0 radical (unpaired) electrons. The van der Waals surface area contributed by atoms with Gasteiger partial charge in [0.2, 0.25) is 5.95 Å². The van der Waals surface area contributed by atoms with Crippen molar-refractivity contribution in [1.29, 1.82) is 5.26 Å². The molecule has 3 rings (SSSR count). The lowest BCUT2D eigenvalue weighted by molar-refractivity contribution is 0.579. The maximum Gasteiger partial charge on any atom is 0.227 e. The van der Waals surface area contributed by atoms with Gasteiger partial charge in [-0.25, -0.2) is 4.98 Å². The fraction of sp³-hybridized carbons (Fsp3) is 0.312. The van der Waals surface area contributed by atoms with Crippen LogP contribution >= 0.6 is 12.4 Å². The Morgan fingerprint density at radius 2 is 1.87 bits per heavy atom. The maximum absolute atomic E-state index is 8.83. The number of hydrogen-bond acceptors (Lipinski definition) is 6. The first-order valence-electron chi connectivity index (χ1n) is 7.33. The van der Waals surface area contributed by atoms with Crippen molar-refractivity contribution in [2.45, 2.75) is 6.92 Å². The van der Waals surface area contributed by atoms with E-state index in [9.17, 15) is 0 Å². The van der Waals surface area contributed by atoms with Crippen LogP contribution in [0.3, 0.4) is 0 Å². The Kier molecular flexibility index (Phi) is 5.74. The van der Waals surface area contributed by atoms with Crippen LogP contribution in [0.4, 0.5) is 17.5 Å². The highest BCUT2D eigenvalue weighted by Crippen LogP contribution is 2.19. The molecule has 0 aliphatic carbocycles. The van der Waals surface area contributed by atoms with Crippen molar-refractivity contribution in [2.24, 2.45) is 0 Å². The van der Waals surface area contributed by atoms with Crippen molar-refractivity contribution in [1.82, 2.24) is 15.3 Å². The lowest BCUT2D eigenvalue weighted by atomic mass is 10.2. The summed E-state index contributed by atoms with van der Waals surface area (Å²) in [5, 5.41) is 15.4. The molecule has 1 aromatic carbocycles. The first-order chi connectivity index (χ1) is 10.7. The van der Waals surface area contributed by atoms with Crippen LogP contribution in [0.2, 0.25) is 0 Å². The molecule has 0 bridgehead atoms. The summed E-state index contributed by atoms with van der Waals surface area (Å²) in [4.78, 5) is 11.3. The topological polar surface area (TPSA) is 76.9 Å². The molecule has 1 saturated heterocycles. The van der Waals surface area contributed by atoms with Gasteiger partial charge in [0.1, 0.15) is 5.82 Å². The highest BCUT2D eigenvalue weighted by Gasteiger charge is 2.14. The van der Waals surface area contributed by atoms with E-state index in [-0.39, 0.29) is 12.4 Å². The first kappa shape index (κ1) is 17.0. The minimum atomic E-state index is 0. The van der Waals surface area contributed by atoms with Gasteiger partial charge >= 0.3 is 0 Å². The van der Waals surface area contributed by atoms with Crippen LogP contribution in [0, 0.1) is 18.3 Å². The normalized spacial score (nSPS) is 13.8. The molecule has 23 heavy (non-hydrogen) atoms. The van der Waals surface area contributed by atoms with E-state index in [0.29, 0.717) is 5.56 Å². The average molecular weight is 331 g/mol. The number of rotatable bonds is 3. The van der Waals surface area contributed by atoms with Crippen LogP contribution in [0.5, 0.6) is 0 Å². The number of halogens is 1. The second-order valence-electron chi connectivity index (χ2n) is 5.25. The molecule has 0 unspecified atom stereocenters. The summed E-state index contributed by atoms with van der Waals surface area (Å²) in [6, 6.07) is 11.4. The smallest absolute Gasteiger partial charge is 0.227 e. The standard InChI is InChI=1S/C16H18N6.ClH/c1-12-10-15(20-14-4-2-13(11-17)3-5-14)21-16(19-12)22-8-6-18-7-9-22;/h2-5,10,18H,6-9H2,1H3,(H,19,20,21);1H. The monoisotopic (exact) mass is 330 g/mol. The van der Waals surface area contributed by atoms with Gasteiger partial charge in [-0.3, -0.25) is 0 Å². The number of nitrogens with one attached hydrogen (secondary N) is 2. The molecule has 7 heteroatoms. The Bertz CT molecular complexity index is 689. The predicted molar refractivity (Wildman–Crippen MR) is 93.5 cm³/mol. The van der Waals surface area contributed by atoms with Gasteiger partial charge in [0, 0.05) is 43.6 Å². The number of piperazine rings is 1. The van der Waals surface area contributed by atoms with Crippen molar-refractivity contribution >= 4 is 29.9 Å². The predicted octanol–water partition coefficient (Wildman–Crippen LogP) is 2.23. The molecule has 120 valence electrons. The van der Waals surface area contributed by atoms with Gasteiger partial charge in [-0.2, -0.15) is 10.2 Å². The number of anilines is 3. The number of aryl methyl sites for hydroxylation is 1. The van der Waals surface area contributed by atoms with Gasteiger partial charge in [0.05, 0.1) is 11.6 Å². The SMILES string of the molecule is Cc1cc(Nc2ccc(C#N)cc2)nc(N2CCNCC2)n1.Cl. The van der Waals surface area contributed by atoms with E-state index in [1.54, 1.807) is 12.1 Å². The molecule has 1 aromatic heterocycles. The molecule has 0 saturated carbocycles. The number of nitrogens with zero attached hydrogens (tertiary/aromatic N) is 4. The van der Waals surface area contributed by atoms with Crippen molar-refractivity contribution in [2.75, 3.05) is 36.4 Å². The molecular formula is C16H19ClN6. The largest absolute Gasteiger partial charge is 0.340 e. The van der Waals surface area contributed by atoms with Crippen molar-refractivity contribution in [3.63, 3.8) is 0 Å². The molecule has 0 atom stereocenters. The third-order valence-corrected chi connectivity index (χ3v) is 3.53. The van der Waals surface area contributed by atoms with E-state index in [2.05, 4.69) is 31.6 Å². The maximum atomic E-state index is 8.83. The van der Waals surface area contributed by atoms with Crippen molar-refractivity contribution < 1.29 is 0 Å². The molecule has 1 aliphatic rings. The molecular weight excluding hydrogens is 312 g/mol. The number of benzene rings is 1. The third-order valence-electron chi connectivity index (χ3n) is 3.53. The van der Waals surface area contributed by atoms with Gasteiger partial charge < -0.3 is 15.5 Å². The van der Waals surface area contributed by atoms with Crippen LogP contribution < -0.4 is 15.5 Å². The fourth-order valence-corrected chi connectivity index (χ4v) is 2.40. The second-order valence-corrected chi connectivity index (χ2v) is 5.25. The molecule has 1 fully saturated rings. The van der Waals surface area contributed by atoms with Crippen LogP contribution in [0.15, 0.2) is 30.3 Å². The summed E-state index contributed by atoms with van der Waals surface area (Å²) in [6.07, 6.45) is 0. The first-order valence-corrected chi connectivity index (χ1v) is 7.33. The minimum absolute atomic E-state index is 0. The summed E-state index contributed by atoms with van der Waals surface area (Å²) >= 11 is 0. The summed E-state index contributed by atoms with van der Waals surface area (Å²) < 4.78 is 0. The van der Waals surface area contributed by atoms with Gasteiger partial charge in [-0.15, -0.1) is 12.4 Å². The Labute approximate surface area is 142 Å². The second kappa shape index (κ2) is 7.77. The van der Waals surface area contributed by atoms with Crippen LogP contribution in [-0.4, -0.2) is 36.1 Å². The Morgan fingerprint density at radius 3 is 2.52 bits per heavy atom. The molecule has 2 heterocycles. The Hall–Kier alpha value is -2.36. The van der Waals surface area contributed by atoms with Crippen LogP contribution in [0.1, 0.15) is 11.3 Å².